The van der Waals surface area contributed by atoms with E-state index in [-0.39, 0.29) is 29.0 Å². The van der Waals surface area contributed by atoms with Gasteiger partial charge in [-0.3, -0.25) is 9.59 Å². The zero-order chi connectivity index (χ0) is 22.3. The van der Waals surface area contributed by atoms with Crippen molar-refractivity contribution < 1.29 is 14.0 Å². The number of carbonyl (C=O) groups is 2. The lowest BCUT2D eigenvalue weighted by Gasteiger charge is -2.32. The zero-order valence-electron chi connectivity index (χ0n) is 17.8. The van der Waals surface area contributed by atoms with Gasteiger partial charge in [-0.25, -0.2) is 9.37 Å². The number of anilines is 1. The number of rotatable bonds is 4. The molecule has 2 aliphatic rings. The minimum atomic E-state index is -0.320. The molecule has 7 heteroatoms. The van der Waals surface area contributed by atoms with Gasteiger partial charge in [-0.1, -0.05) is 12.1 Å². The van der Waals surface area contributed by atoms with Crippen LogP contribution >= 0.6 is 11.3 Å². The minimum absolute atomic E-state index is 0.00421. The van der Waals surface area contributed by atoms with Gasteiger partial charge >= 0.3 is 0 Å². The Labute approximate surface area is 190 Å². The molecule has 164 valence electrons. The Balaban J connectivity index is 1.15. The van der Waals surface area contributed by atoms with Crippen molar-refractivity contribution in [3.8, 4) is 0 Å². The second kappa shape index (κ2) is 8.13. The highest BCUT2D eigenvalue weighted by molar-refractivity contribution is 7.18. The maximum atomic E-state index is 13.3. The van der Waals surface area contributed by atoms with Crippen LogP contribution in [0.4, 0.5) is 10.1 Å². The number of hydrogen-bond acceptors (Lipinski definition) is 4. The molecular formula is C25H24FN3O2S. The number of amides is 2. The van der Waals surface area contributed by atoms with E-state index in [2.05, 4.69) is 10.3 Å². The summed E-state index contributed by atoms with van der Waals surface area (Å²) in [5.41, 5.74) is 2.37. The lowest BCUT2D eigenvalue weighted by atomic mass is 9.90. The van der Waals surface area contributed by atoms with Crippen LogP contribution < -0.4 is 5.32 Å². The summed E-state index contributed by atoms with van der Waals surface area (Å²) in [6.45, 7) is 3.26. The van der Waals surface area contributed by atoms with Gasteiger partial charge in [-0.05, 0) is 73.6 Å². The van der Waals surface area contributed by atoms with Crippen LogP contribution in [0.25, 0.3) is 16.3 Å². The molecule has 2 fully saturated rings. The number of nitrogens with one attached hydrogen (secondary N) is 1. The fourth-order valence-electron chi connectivity index (χ4n) is 4.68. The first-order valence-electron chi connectivity index (χ1n) is 10.8. The molecule has 1 spiro atoms. The second-order valence-corrected chi connectivity index (χ2v) is 9.97. The highest BCUT2D eigenvalue weighted by Crippen LogP contribution is 2.59. The number of piperidine rings is 1. The van der Waals surface area contributed by atoms with E-state index in [1.165, 1.54) is 18.2 Å². The fraction of sp³-hybridized carbons (Fsp3) is 0.320. The number of fused-ring (bicyclic) bond motifs is 1. The Hall–Kier alpha value is -3.06. The molecule has 5 rings (SSSR count). The van der Waals surface area contributed by atoms with Gasteiger partial charge in [-0.15, -0.1) is 11.3 Å². The van der Waals surface area contributed by atoms with Gasteiger partial charge in [0.15, 0.2) is 0 Å². The third kappa shape index (κ3) is 4.17. The summed E-state index contributed by atoms with van der Waals surface area (Å²) >= 11 is 1.64. The van der Waals surface area contributed by atoms with Crippen LogP contribution in [0.15, 0.2) is 48.5 Å². The Kier molecular flexibility index (Phi) is 5.29. The van der Waals surface area contributed by atoms with E-state index in [0.29, 0.717) is 18.7 Å². The normalized spacial score (nSPS) is 19.6. The van der Waals surface area contributed by atoms with Crippen LogP contribution in [-0.4, -0.2) is 34.8 Å². The number of aryl methyl sites for hydroxylation is 1. The molecule has 2 aromatic carbocycles. The first kappa shape index (κ1) is 20.8. The molecule has 2 heterocycles. The van der Waals surface area contributed by atoms with Crippen LogP contribution in [0.5, 0.6) is 0 Å². The minimum Gasteiger partial charge on any atom is -0.339 e. The van der Waals surface area contributed by atoms with Crippen molar-refractivity contribution in [1.82, 2.24) is 9.88 Å². The zero-order valence-corrected chi connectivity index (χ0v) is 18.6. The molecule has 1 N–H and O–H groups in total. The number of hydrogen-bond donors (Lipinski definition) is 1. The Morgan fingerprint density at radius 2 is 2.03 bits per heavy atom. The number of aromatic nitrogens is 1. The van der Waals surface area contributed by atoms with Crippen LogP contribution in [-0.2, 0) is 9.59 Å². The smallest absolute Gasteiger partial charge is 0.246 e. The van der Waals surface area contributed by atoms with Crippen molar-refractivity contribution in [1.29, 1.82) is 0 Å². The molecule has 1 aliphatic heterocycles. The number of carbonyl (C=O) groups excluding carboxylic acids is 2. The van der Waals surface area contributed by atoms with Crippen molar-refractivity contribution in [3.63, 3.8) is 0 Å². The third-order valence-corrected chi connectivity index (χ3v) is 7.56. The maximum absolute atomic E-state index is 13.3. The summed E-state index contributed by atoms with van der Waals surface area (Å²) in [5.74, 6) is -0.339. The monoisotopic (exact) mass is 449 g/mol. The van der Waals surface area contributed by atoms with Gasteiger partial charge in [0.1, 0.15) is 5.82 Å². The van der Waals surface area contributed by atoms with Crippen molar-refractivity contribution in [2.45, 2.75) is 26.2 Å². The molecule has 1 aliphatic carbocycles. The summed E-state index contributed by atoms with van der Waals surface area (Å²) in [4.78, 5) is 31.7. The van der Waals surface area contributed by atoms with Crippen LogP contribution in [0.3, 0.4) is 0 Å². The third-order valence-electron chi connectivity index (χ3n) is 6.61. The van der Waals surface area contributed by atoms with E-state index in [1.54, 1.807) is 29.5 Å². The summed E-state index contributed by atoms with van der Waals surface area (Å²) in [7, 11) is 0. The van der Waals surface area contributed by atoms with E-state index in [0.717, 1.165) is 40.2 Å². The summed E-state index contributed by atoms with van der Waals surface area (Å²) in [5, 5.41) is 4.07. The molecule has 1 aromatic heterocycles. The maximum Gasteiger partial charge on any atom is 0.246 e. The first-order chi connectivity index (χ1) is 15.4. The largest absolute Gasteiger partial charge is 0.339 e. The van der Waals surface area contributed by atoms with Gasteiger partial charge in [0, 0.05) is 30.8 Å². The predicted octanol–water partition coefficient (Wildman–Crippen LogP) is 5.02. The second-order valence-electron chi connectivity index (χ2n) is 8.74. The molecular weight excluding hydrogens is 425 g/mol. The molecule has 0 bridgehead atoms. The van der Waals surface area contributed by atoms with Gasteiger partial charge in [0.25, 0.3) is 0 Å². The van der Waals surface area contributed by atoms with Crippen molar-refractivity contribution in [2.75, 3.05) is 18.4 Å². The molecule has 1 saturated carbocycles. The quantitative estimate of drug-likeness (QED) is 0.569. The van der Waals surface area contributed by atoms with Crippen LogP contribution in [0, 0.1) is 24.1 Å². The average molecular weight is 450 g/mol. The fourth-order valence-corrected chi connectivity index (χ4v) is 5.48. The van der Waals surface area contributed by atoms with Crippen LogP contribution in [0.2, 0.25) is 0 Å². The van der Waals surface area contributed by atoms with Gasteiger partial charge in [0.05, 0.1) is 15.2 Å². The first-order valence-corrected chi connectivity index (χ1v) is 11.6. The predicted molar refractivity (Wildman–Crippen MR) is 125 cm³/mol. The molecule has 1 unspecified atom stereocenters. The van der Waals surface area contributed by atoms with Crippen molar-refractivity contribution in [2.24, 2.45) is 11.3 Å². The van der Waals surface area contributed by atoms with E-state index in [9.17, 15) is 14.0 Å². The lowest BCUT2D eigenvalue weighted by Crippen LogP contribution is -2.39. The lowest BCUT2D eigenvalue weighted by molar-refractivity contribution is -0.127. The van der Waals surface area contributed by atoms with E-state index in [4.69, 9.17) is 0 Å². The van der Waals surface area contributed by atoms with Gasteiger partial charge < -0.3 is 10.2 Å². The van der Waals surface area contributed by atoms with E-state index >= 15 is 0 Å². The van der Waals surface area contributed by atoms with Gasteiger partial charge in [0.2, 0.25) is 11.8 Å². The number of halogens is 1. The highest BCUT2D eigenvalue weighted by Gasteiger charge is 2.58. The topological polar surface area (TPSA) is 62.3 Å². The average Bonchev–Trinajstić information content (AvgIpc) is 3.34. The summed E-state index contributed by atoms with van der Waals surface area (Å²) in [6, 6.07) is 12.0. The van der Waals surface area contributed by atoms with E-state index in [1.807, 2.05) is 30.0 Å². The number of benzene rings is 2. The highest BCUT2D eigenvalue weighted by atomic mass is 32.1. The molecule has 2 amide bonds. The van der Waals surface area contributed by atoms with Crippen molar-refractivity contribution >= 4 is 45.1 Å². The SMILES string of the molecule is Cc1nc2cc(NC(=O)C3CC34CCN(C(=O)/C=C/c3cccc(F)c3)CC4)ccc2s1. The van der Waals surface area contributed by atoms with Crippen LogP contribution in [0.1, 0.15) is 29.8 Å². The molecule has 32 heavy (non-hydrogen) atoms. The molecule has 0 radical (unpaired) electrons. The summed E-state index contributed by atoms with van der Waals surface area (Å²) in [6.07, 6.45) is 5.67. The van der Waals surface area contributed by atoms with E-state index < -0.39 is 0 Å². The van der Waals surface area contributed by atoms with Crippen molar-refractivity contribution in [3.05, 3.63) is 64.9 Å². The molecule has 1 atom stereocenters. The Morgan fingerprint density at radius 1 is 1.22 bits per heavy atom. The number of likely N-dealkylation sites (tertiary alicyclic amines) is 1. The standard InChI is InChI=1S/C25H24FN3O2S/c1-16-27-21-14-19(6-7-22(21)32-16)28-24(31)20-15-25(20)9-11-29(12-10-25)23(30)8-5-17-3-2-4-18(26)13-17/h2-8,13-14,20H,9-12,15H2,1H3,(H,28,31)/b8-5+. The summed E-state index contributed by atoms with van der Waals surface area (Å²) < 4.78 is 14.4. The molecule has 1 saturated heterocycles. The molecule has 5 nitrogen and oxygen atoms in total. The molecule has 3 aromatic rings. The Bertz CT molecular complexity index is 1230. The van der Waals surface area contributed by atoms with Gasteiger partial charge in [-0.2, -0.15) is 0 Å². The Morgan fingerprint density at radius 3 is 2.81 bits per heavy atom. The number of nitrogens with zero attached hydrogens (tertiary/aromatic N) is 2. The number of thiazole rings is 1.